The highest BCUT2D eigenvalue weighted by Gasteiger charge is 2.19. The summed E-state index contributed by atoms with van der Waals surface area (Å²) < 4.78 is 0.892. The largest absolute Gasteiger partial charge is 0.289 e. The quantitative estimate of drug-likeness (QED) is 0.689. The molecule has 0 fully saturated rings. The van der Waals surface area contributed by atoms with Crippen molar-refractivity contribution in [2.75, 3.05) is 0 Å². The first kappa shape index (κ1) is 15.0. The molecule has 2 heteroatoms. The van der Waals surface area contributed by atoms with Gasteiger partial charge < -0.3 is 0 Å². The highest BCUT2D eigenvalue weighted by molar-refractivity contribution is 9.10. The van der Waals surface area contributed by atoms with Crippen LogP contribution in [0.25, 0.3) is 0 Å². The fraction of sp³-hybridized carbons (Fsp3) is 0.278. The number of hydrogen-bond acceptors (Lipinski definition) is 1. The van der Waals surface area contributed by atoms with Gasteiger partial charge in [-0.3, -0.25) is 4.79 Å². The first-order valence-corrected chi connectivity index (χ1v) is 7.51. The number of halogens is 1. The van der Waals surface area contributed by atoms with Gasteiger partial charge in [-0.2, -0.15) is 0 Å². The van der Waals surface area contributed by atoms with Crippen LogP contribution in [0.4, 0.5) is 0 Å². The van der Waals surface area contributed by atoms with Gasteiger partial charge in [-0.1, -0.05) is 18.2 Å². The normalized spacial score (nSPS) is 10.7. The monoisotopic (exact) mass is 330 g/mol. The van der Waals surface area contributed by atoms with Crippen molar-refractivity contribution in [2.24, 2.45) is 0 Å². The number of hydrogen-bond donors (Lipinski definition) is 0. The summed E-state index contributed by atoms with van der Waals surface area (Å²) in [6, 6.07) is 7.96. The van der Waals surface area contributed by atoms with Gasteiger partial charge in [0, 0.05) is 15.6 Å². The number of rotatable bonds is 2. The Labute approximate surface area is 129 Å². The van der Waals surface area contributed by atoms with Crippen LogP contribution in [0, 0.1) is 34.6 Å². The number of ketones is 1. The van der Waals surface area contributed by atoms with E-state index in [4.69, 9.17) is 0 Å². The first-order chi connectivity index (χ1) is 9.34. The van der Waals surface area contributed by atoms with E-state index in [1.165, 1.54) is 11.1 Å². The van der Waals surface area contributed by atoms with Gasteiger partial charge >= 0.3 is 0 Å². The van der Waals surface area contributed by atoms with Crippen molar-refractivity contribution in [2.45, 2.75) is 34.6 Å². The van der Waals surface area contributed by atoms with Crippen LogP contribution < -0.4 is 0 Å². The second kappa shape index (κ2) is 5.53. The Kier molecular flexibility index (Phi) is 4.14. The smallest absolute Gasteiger partial charge is 0.194 e. The fourth-order valence-electron chi connectivity index (χ4n) is 2.51. The summed E-state index contributed by atoms with van der Waals surface area (Å²) in [4.78, 5) is 12.9. The molecule has 2 aromatic rings. The van der Waals surface area contributed by atoms with Crippen LogP contribution in [0.1, 0.15) is 43.7 Å². The lowest BCUT2D eigenvalue weighted by atomic mass is 9.89. The molecule has 0 aliphatic heterocycles. The maximum absolute atomic E-state index is 12.9. The maximum atomic E-state index is 12.9. The molecule has 0 aliphatic carbocycles. The molecule has 2 aromatic carbocycles. The van der Waals surface area contributed by atoms with Gasteiger partial charge in [-0.25, -0.2) is 0 Å². The van der Waals surface area contributed by atoms with E-state index < -0.39 is 0 Å². The van der Waals surface area contributed by atoms with Gasteiger partial charge in [0.25, 0.3) is 0 Å². The zero-order chi connectivity index (χ0) is 15.0. The predicted octanol–water partition coefficient (Wildman–Crippen LogP) is 5.22. The van der Waals surface area contributed by atoms with Crippen LogP contribution in [-0.4, -0.2) is 5.78 Å². The van der Waals surface area contributed by atoms with Crippen molar-refractivity contribution in [3.05, 3.63) is 67.7 Å². The topological polar surface area (TPSA) is 17.1 Å². The number of carbonyl (C=O) groups is 1. The minimum atomic E-state index is 0.0994. The van der Waals surface area contributed by atoms with Crippen molar-refractivity contribution in [1.82, 2.24) is 0 Å². The molecule has 0 saturated heterocycles. The molecule has 0 bridgehead atoms. The molecule has 0 atom stereocenters. The van der Waals surface area contributed by atoms with Crippen LogP contribution in [0.5, 0.6) is 0 Å². The lowest BCUT2D eigenvalue weighted by Gasteiger charge is -2.15. The third kappa shape index (κ3) is 2.45. The van der Waals surface area contributed by atoms with Crippen LogP contribution in [0.2, 0.25) is 0 Å². The average molecular weight is 331 g/mol. The molecule has 1 nitrogen and oxygen atoms in total. The Morgan fingerprint density at radius 3 is 2.00 bits per heavy atom. The fourth-order valence-corrected chi connectivity index (χ4v) is 2.96. The molecule has 0 spiro atoms. The summed E-state index contributed by atoms with van der Waals surface area (Å²) >= 11 is 3.54. The van der Waals surface area contributed by atoms with E-state index in [0.717, 1.165) is 32.3 Å². The minimum Gasteiger partial charge on any atom is -0.289 e. The zero-order valence-electron chi connectivity index (χ0n) is 12.6. The summed E-state index contributed by atoms with van der Waals surface area (Å²) in [6.07, 6.45) is 0. The van der Waals surface area contributed by atoms with E-state index in [1.54, 1.807) is 0 Å². The van der Waals surface area contributed by atoms with Crippen molar-refractivity contribution >= 4 is 21.7 Å². The molecule has 0 N–H and O–H groups in total. The Morgan fingerprint density at radius 1 is 0.900 bits per heavy atom. The van der Waals surface area contributed by atoms with E-state index in [1.807, 2.05) is 39.0 Å². The van der Waals surface area contributed by atoms with E-state index in [2.05, 4.69) is 35.8 Å². The van der Waals surface area contributed by atoms with Gasteiger partial charge in [0.1, 0.15) is 0 Å². The molecule has 20 heavy (non-hydrogen) atoms. The average Bonchev–Trinajstić information content (AvgIpc) is 2.40. The number of carbonyl (C=O) groups excluding carboxylic acids is 1. The molecule has 0 heterocycles. The molecule has 2 rings (SSSR count). The Bertz CT molecular complexity index is 673. The summed E-state index contributed by atoms with van der Waals surface area (Å²) in [5, 5.41) is 0. The maximum Gasteiger partial charge on any atom is 0.194 e. The van der Waals surface area contributed by atoms with Crippen molar-refractivity contribution in [1.29, 1.82) is 0 Å². The van der Waals surface area contributed by atoms with E-state index >= 15 is 0 Å². The van der Waals surface area contributed by atoms with E-state index in [9.17, 15) is 4.79 Å². The minimum absolute atomic E-state index is 0.0994. The number of aryl methyl sites for hydroxylation is 3. The Hall–Kier alpha value is -1.41. The Balaban J connectivity index is 2.69. The standard InChI is InChI=1S/C18H19BrO/c1-10-7-6-8-15(17(10)19)18(20)16-13(4)11(2)9-12(3)14(16)5/h6-9H,1-5H3. The number of benzene rings is 2. The van der Waals surface area contributed by atoms with E-state index in [0.29, 0.717) is 0 Å². The molecular weight excluding hydrogens is 312 g/mol. The van der Waals surface area contributed by atoms with Gasteiger partial charge in [0.2, 0.25) is 0 Å². The summed E-state index contributed by atoms with van der Waals surface area (Å²) in [5.41, 5.74) is 7.14. The van der Waals surface area contributed by atoms with Crippen LogP contribution >= 0.6 is 15.9 Å². The van der Waals surface area contributed by atoms with Crippen molar-refractivity contribution in [3.63, 3.8) is 0 Å². The first-order valence-electron chi connectivity index (χ1n) is 6.71. The lowest BCUT2D eigenvalue weighted by Crippen LogP contribution is -2.10. The third-order valence-corrected chi connectivity index (χ3v) is 5.08. The highest BCUT2D eigenvalue weighted by atomic mass is 79.9. The molecular formula is C18H19BrO. The van der Waals surface area contributed by atoms with Crippen molar-refractivity contribution < 1.29 is 4.79 Å². The van der Waals surface area contributed by atoms with Crippen LogP contribution in [0.3, 0.4) is 0 Å². The molecule has 0 aromatic heterocycles. The zero-order valence-corrected chi connectivity index (χ0v) is 14.2. The SMILES string of the molecule is Cc1cc(C)c(C)c(C(=O)c2cccc(C)c2Br)c1C. The van der Waals surface area contributed by atoms with Gasteiger partial charge in [-0.15, -0.1) is 0 Å². The molecule has 0 radical (unpaired) electrons. The predicted molar refractivity (Wildman–Crippen MR) is 87.7 cm³/mol. The van der Waals surface area contributed by atoms with Gasteiger partial charge in [0.15, 0.2) is 5.78 Å². The molecule has 0 aliphatic rings. The molecule has 0 saturated carbocycles. The summed E-state index contributed by atoms with van der Waals surface area (Å²) in [6.45, 7) is 10.2. The van der Waals surface area contributed by atoms with E-state index in [-0.39, 0.29) is 5.78 Å². The molecule has 104 valence electrons. The Morgan fingerprint density at radius 2 is 1.45 bits per heavy atom. The third-order valence-electron chi connectivity index (χ3n) is 4.03. The molecule has 0 amide bonds. The van der Waals surface area contributed by atoms with Crippen molar-refractivity contribution in [3.8, 4) is 0 Å². The van der Waals surface area contributed by atoms with Crippen LogP contribution in [0.15, 0.2) is 28.7 Å². The van der Waals surface area contributed by atoms with Gasteiger partial charge in [-0.05, 0) is 84.4 Å². The molecule has 0 unspecified atom stereocenters. The van der Waals surface area contributed by atoms with Crippen LogP contribution in [-0.2, 0) is 0 Å². The summed E-state index contributed by atoms with van der Waals surface area (Å²) in [5.74, 6) is 0.0994. The highest BCUT2D eigenvalue weighted by Crippen LogP contribution is 2.28. The summed E-state index contributed by atoms with van der Waals surface area (Å²) in [7, 11) is 0. The lowest BCUT2D eigenvalue weighted by molar-refractivity contribution is 0.103. The second-order valence-corrected chi connectivity index (χ2v) is 6.19. The second-order valence-electron chi connectivity index (χ2n) is 5.40. The van der Waals surface area contributed by atoms with Gasteiger partial charge in [0.05, 0.1) is 0 Å².